The van der Waals surface area contributed by atoms with E-state index in [9.17, 15) is 0 Å². The normalized spacial score (nSPS) is 18.3. The number of pyridine rings is 1. The number of aromatic nitrogens is 3. The molecule has 5 rings (SSSR count). The van der Waals surface area contributed by atoms with Gasteiger partial charge in [0.2, 0.25) is 5.89 Å². The van der Waals surface area contributed by atoms with Crippen LogP contribution in [0.2, 0.25) is 0 Å². The van der Waals surface area contributed by atoms with Gasteiger partial charge in [0, 0.05) is 31.3 Å². The van der Waals surface area contributed by atoms with Gasteiger partial charge in [-0.25, -0.2) is 0 Å². The number of fused-ring (bicyclic) bond motifs is 2. The molecule has 0 saturated carbocycles. The number of thiophene rings is 1. The zero-order chi connectivity index (χ0) is 19.1. The smallest absolute Gasteiger partial charge is 0.266 e. The molecule has 1 spiro atoms. The first-order valence-electron chi connectivity index (χ1n) is 9.50. The summed E-state index contributed by atoms with van der Waals surface area (Å²) < 4.78 is 16.7. The average Bonchev–Trinajstić information content (AvgIpc) is 3.36. The maximum Gasteiger partial charge on any atom is 0.266 e. The molecule has 0 atom stereocenters. The maximum atomic E-state index is 6.38. The van der Waals surface area contributed by atoms with Crippen LogP contribution in [-0.4, -0.2) is 41.9 Å². The highest BCUT2D eigenvalue weighted by molar-refractivity contribution is 7.15. The fourth-order valence-corrected chi connectivity index (χ4v) is 5.30. The van der Waals surface area contributed by atoms with E-state index in [1.54, 1.807) is 13.3 Å². The second-order valence-corrected chi connectivity index (χ2v) is 8.36. The Morgan fingerprint density at radius 3 is 2.79 bits per heavy atom. The summed E-state index contributed by atoms with van der Waals surface area (Å²) in [5, 5.41) is 4.06. The lowest BCUT2D eigenvalue weighted by atomic mass is 9.82. The summed E-state index contributed by atoms with van der Waals surface area (Å²) >= 11 is 1.83. The SMILES string of the molecule is COc1ccc(-c2cc3c(s2)CCOC32CCN(c3noc(C)n3)CC2)nc1. The number of hydrogen-bond acceptors (Lipinski definition) is 8. The Kier molecular flexibility index (Phi) is 4.32. The van der Waals surface area contributed by atoms with Gasteiger partial charge in [-0.1, -0.05) is 0 Å². The molecular formula is C20H22N4O3S. The van der Waals surface area contributed by atoms with Crippen LogP contribution in [-0.2, 0) is 16.8 Å². The van der Waals surface area contributed by atoms with Crippen LogP contribution >= 0.6 is 11.3 Å². The second-order valence-electron chi connectivity index (χ2n) is 7.22. The number of hydrogen-bond donors (Lipinski definition) is 0. The fourth-order valence-electron chi connectivity index (χ4n) is 4.09. The predicted octanol–water partition coefficient (Wildman–Crippen LogP) is 3.58. The van der Waals surface area contributed by atoms with Gasteiger partial charge in [-0.2, -0.15) is 4.98 Å². The summed E-state index contributed by atoms with van der Waals surface area (Å²) in [6, 6.07) is 6.26. The van der Waals surface area contributed by atoms with Gasteiger partial charge >= 0.3 is 0 Å². The Hall–Kier alpha value is -2.45. The van der Waals surface area contributed by atoms with E-state index in [0.717, 1.165) is 50.4 Å². The van der Waals surface area contributed by atoms with Gasteiger partial charge in [-0.05, 0) is 41.8 Å². The number of nitrogens with zero attached hydrogens (tertiary/aromatic N) is 4. The summed E-state index contributed by atoms with van der Waals surface area (Å²) in [6.07, 6.45) is 4.57. The Morgan fingerprint density at radius 1 is 1.25 bits per heavy atom. The molecule has 2 aliphatic heterocycles. The van der Waals surface area contributed by atoms with Crippen molar-refractivity contribution in [3.8, 4) is 16.3 Å². The molecule has 0 aliphatic carbocycles. The zero-order valence-electron chi connectivity index (χ0n) is 16.0. The summed E-state index contributed by atoms with van der Waals surface area (Å²) in [4.78, 5) is 13.7. The number of aryl methyl sites for hydroxylation is 1. The summed E-state index contributed by atoms with van der Waals surface area (Å²) in [7, 11) is 1.66. The van der Waals surface area contributed by atoms with Crippen LogP contribution in [0.1, 0.15) is 29.2 Å². The van der Waals surface area contributed by atoms with E-state index in [1.165, 1.54) is 15.3 Å². The van der Waals surface area contributed by atoms with Crippen LogP contribution in [0.5, 0.6) is 5.75 Å². The van der Waals surface area contributed by atoms with Crippen molar-refractivity contribution < 1.29 is 14.0 Å². The first-order chi connectivity index (χ1) is 13.7. The maximum absolute atomic E-state index is 6.38. The molecule has 1 fully saturated rings. The van der Waals surface area contributed by atoms with Gasteiger partial charge in [0.15, 0.2) is 0 Å². The van der Waals surface area contributed by atoms with E-state index >= 15 is 0 Å². The first-order valence-corrected chi connectivity index (χ1v) is 10.3. The van der Waals surface area contributed by atoms with E-state index in [2.05, 4.69) is 26.1 Å². The monoisotopic (exact) mass is 398 g/mol. The molecular weight excluding hydrogens is 376 g/mol. The van der Waals surface area contributed by atoms with Gasteiger partial charge in [0.1, 0.15) is 5.75 Å². The molecule has 0 aromatic carbocycles. The highest BCUT2D eigenvalue weighted by Gasteiger charge is 2.42. The van der Waals surface area contributed by atoms with Crippen molar-refractivity contribution in [1.82, 2.24) is 15.1 Å². The van der Waals surface area contributed by atoms with Crippen molar-refractivity contribution in [2.45, 2.75) is 31.8 Å². The topological polar surface area (TPSA) is 73.5 Å². The summed E-state index contributed by atoms with van der Waals surface area (Å²) in [5.74, 6) is 2.05. The van der Waals surface area contributed by atoms with Crippen LogP contribution in [0, 0.1) is 6.92 Å². The Morgan fingerprint density at radius 2 is 2.11 bits per heavy atom. The molecule has 28 heavy (non-hydrogen) atoms. The number of piperidine rings is 1. The molecule has 0 amide bonds. The minimum Gasteiger partial charge on any atom is -0.495 e. The van der Waals surface area contributed by atoms with Crippen molar-refractivity contribution in [1.29, 1.82) is 0 Å². The van der Waals surface area contributed by atoms with Gasteiger partial charge in [0.05, 0.1) is 36.1 Å². The molecule has 5 heterocycles. The Bertz CT molecular complexity index is 974. The van der Waals surface area contributed by atoms with Crippen molar-refractivity contribution in [2.75, 3.05) is 31.7 Å². The van der Waals surface area contributed by atoms with E-state index in [0.29, 0.717) is 11.8 Å². The van der Waals surface area contributed by atoms with Crippen LogP contribution < -0.4 is 9.64 Å². The molecule has 3 aromatic rings. The quantitative estimate of drug-likeness (QED) is 0.668. The van der Waals surface area contributed by atoms with E-state index < -0.39 is 0 Å². The standard InChI is InChI=1S/C20H22N4O3S/c1-13-22-19(23-27-13)24-8-6-20(7-9-24)15-11-18(28-17(15)5-10-26-20)16-4-3-14(25-2)12-21-16/h3-4,11-12H,5-10H2,1-2H3. The highest BCUT2D eigenvalue weighted by Crippen LogP contribution is 2.46. The lowest BCUT2D eigenvalue weighted by Gasteiger charge is -2.43. The third-order valence-electron chi connectivity index (χ3n) is 5.60. The highest BCUT2D eigenvalue weighted by atomic mass is 32.1. The van der Waals surface area contributed by atoms with Crippen molar-refractivity contribution in [3.05, 3.63) is 40.7 Å². The minimum atomic E-state index is -0.218. The summed E-state index contributed by atoms with van der Waals surface area (Å²) in [5.41, 5.74) is 2.10. The van der Waals surface area contributed by atoms with E-state index in [-0.39, 0.29) is 5.60 Å². The van der Waals surface area contributed by atoms with Crippen molar-refractivity contribution >= 4 is 17.3 Å². The molecule has 0 unspecified atom stereocenters. The third kappa shape index (κ3) is 2.97. The number of anilines is 1. The fraction of sp³-hybridized carbons (Fsp3) is 0.450. The molecule has 1 saturated heterocycles. The molecule has 0 bridgehead atoms. The zero-order valence-corrected chi connectivity index (χ0v) is 16.8. The van der Waals surface area contributed by atoms with E-state index in [4.69, 9.17) is 14.0 Å². The number of ether oxygens (including phenoxy) is 2. The second kappa shape index (κ2) is 6.86. The Balaban J connectivity index is 1.40. The average molecular weight is 398 g/mol. The Labute approximate surface area is 167 Å². The lowest BCUT2D eigenvalue weighted by molar-refractivity contribution is -0.0758. The molecule has 0 N–H and O–H groups in total. The van der Waals surface area contributed by atoms with Gasteiger partial charge in [0.25, 0.3) is 5.95 Å². The van der Waals surface area contributed by atoms with Crippen molar-refractivity contribution in [2.24, 2.45) is 0 Å². The van der Waals surface area contributed by atoms with Crippen molar-refractivity contribution in [3.63, 3.8) is 0 Å². The summed E-state index contributed by atoms with van der Waals surface area (Å²) in [6.45, 7) is 4.29. The molecule has 2 aliphatic rings. The third-order valence-corrected chi connectivity index (χ3v) is 6.82. The van der Waals surface area contributed by atoms with Crippen LogP contribution in [0.15, 0.2) is 28.9 Å². The first kappa shape index (κ1) is 17.6. The molecule has 7 nitrogen and oxygen atoms in total. The minimum absolute atomic E-state index is 0.218. The lowest BCUT2D eigenvalue weighted by Crippen LogP contribution is -2.46. The molecule has 0 radical (unpaired) electrons. The van der Waals surface area contributed by atoms with Crippen LogP contribution in [0.25, 0.3) is 10.6 Å². The van der Waals surface area contributed by atoms with Gasteiger partial charge in [-0.15, -0.1) is 11.3 Å². The molecule has 8 heteroatoms. The molecule has 3 aromatic heterocycles. The van der Waals surface area contributed by atoms with E-state index in [1.807, 2.05) is 30.4 Å². The number of rotatable bonds is 3. The predicted molar refractivity (Wildman–Crippen MR) is 106 cm³/mol. The van der Waals surface area contributed by atoms with Crippen LogP contribution in [0.3, 0.4) is 0 Å². The van der Waals surface area contributed by atoms with Gasteiger partial charge in [-0.3, -0.25) is 4.98 Å². The van der Waals surface area contributed by atoms with Crippen LogP contribution in [0.4, 0.5) is 5.95 Å². The molecule has 146 valence electrons. The number of methoxy groups -OCH3 is 1. The largest absolute Gasteiger partial charge is 0.495 e. The van der Waals surface area contributed by atoms with Gasteiger partial charge < -0.3 is 18.9 Å².